The van der Waals surface area contributed by atoms with Crippen molar-refractivity contribution in [2.75, 3.05) is 7.11 Å². The summed E-state index contributed by atoms with van der Waals surface area (Å²) in [6, 6.07) is 18.6. The third kappa shape index (κ3) is 6.30. The second-order valence-corrected chi connectivity index (χ2v) is 11.1. The Morgan fingerprint density at radius 3 is 2.24 bits per heavy atom. The van der Waals surface area contributed by atoms with Crippen LogP contribution in [0.2, 0.25) is 0 Å². The zero-order chi connectivity index (χ0) is 27.4. The smallest absolute Gasteiger partial charge is 0.336 e. The lowest BCUT2D eigenvalue weighted by atomic mass is 10.0. The van der Waals surface area contributed by atoms with E-state index in [1.807, 2.05) is 32.9 Å². The number of methoxy groups -OCH3 is 1. The first-order valence-electron chi connectivity index (χ1n) is 12.1. The highest BCUT2D eigenvalue weighted by Gasteiger charge is 2.28. The summed E-state index contributed by atoms with van der Waals surface area (Å²) in [6.45, 7) is 5.62. The maximum Gasteiger partial charge on any atom is 0.336 e. The van der Waals surface area contributed by atoms with Gasteiger partial charge < -0.3 is 13.9 Å². The fraction of sp³-hybridized carbons (Fsp3) is 0.241. The molecule has 8 nitrogen and oxygen atoms in total. The number of aryl methyl sites for hydroxylation is 1. The molecule has 0 aliphatic carbocycles. The van der Waals surface area contributed by atoms with Crippen LogP contribution in [0.15, 0.2) is 86.9 Å². The van der Waals surface area contributed by atoms with Crippen LogP contribution in [0.5, 0.6) is 11.5 Å². The molecule has 0 spiro atoms. The third-order valence-electron chi connectivity index (χ3n) is 5.96. The fourth-order valence-corrected chi connectivity index (χ4v) is 5.24. The number of hydrogen-bond acceptors (Lipinski definition) is 7. The van der Waals surface area contributed by atoms with E-state index in [0.717, 1.165) is 11.1 Å². The Hall–Kier alpha value is -3.95. The molecule has 1 heterocycles. The number of carbonyl (C=O) groups excluding carboxylic acids is 1. The van der Waals surface area contributed by atoms with Gasteiger partial charge in [-0.25, -0.2) is 18.0 Å². The first kappa shape index (κ1) is 27.1. The van der Waals surface area contributed by atoms with Gasteiger partial charge in [0, 0.05) is 17.5 Å². The second kappa shape index (κ2) is 11.2. The Bertz CT molecular complexity index is 1610. The van der Waals surface area contributed by atoms with Gasteiger partial charge in [-0.1, -0.05) is 43.7 Å². The van der Waals surface area contributed by atoms with Gasteiger partial charge in [-0.15, -0.1) is 0 Å². The molecule has 0 radical (unpaired) electrons. The molecular weight excluding hydrogens is 506 g/mol. The van der Waals surface area contributed by atoms with Gasteiger partial charge in [0.25, 0.3) is 0 Å². The Kier molecular flexibility index (Phi) is 7.99. The van der Waals surface area contributed by atoms with E-state index in [9.17, 15) is 18.0 Å². The van der Waals surface area contributed by atoms with Crippen molar-refractivity contribution in [3.8, 4) is 22.6 Å². The van der Waals surface area contributed by atoms with Crippen molar-refractivity contribution in [2.45, 2.75) is 38.1 Å². The molecule has 198 valence electrons. The van der Waals surface area contributed by atoms with E-state index in [-0.39, 0.29) is 28.6 Å². The number of carbonyl (C=O) groups is 1. The van der Waals surface area contributed by atoms with E-state index in [2.05, 4.69) is 4.72 Å². The Morgan fingerprint density at radius 1 is 0.947 bits per heavy atom. The Labute approximate surface area is 221 Å². The molecule has 1 N–H and O–H groups in total. The van der Waals surface area contributed by atoms with Crippen LogP contribution in [0.1, 0.15) is 25.8 Å². The molecule has 0 aliphatic rings. The summed E-state index contributed by atoms with van der Waals surface area (Å²) in [6.07, 6.45) is 0.230. The SMILES string of the molecule is COc1ccc(-c2cc(=O)oc3cc(OC(=O)C(CC(C)C)NS(=O)(=O)c4ccc(C)cc4)ccc23)cc1. The van der Waals surface area contributed by atoms with Crippen molar-refractivity contribution < 1.29 is 27.1 Å². The van der Waals surface area contributed by atoms with Crippen LogP contribution in [-0.4, -0.2) is 27.5 Å². The molecule has 0 aliphatic heterocycles. The van der Waals surface area contributed by atoms with Gasteiger partial charge in [-0.2, -0.15) is 4.72 Å². The van der Waals surface area contributed by atoms with Crippen molar-refractivity contribution in [2.24, 2.45) is 5.92 Å². The minimum Gasteiger partial charge on any atom is -0.497 e. The molecule has 4 aromatic rings. The monoisotopic (exact) mass is 535 g/mol. The quantitative estimate of drug-likeness (QED) is 0.181. The zero-order valence-electron chi connectivity index (χ0n) is 21.6. The Balaban J connectivity index is 1.61. The standard InChI is InChI=1S/C29H29NO7S/c1-18(2)15-26(30-38(33,34)23-12-5-19(3)6-13-23)29(32)36-22-11-14-24-25(17-28(31)37-27(24)16-22)20-7-9-21(35-4)10-8-20/h5-14,16-18,26,30H,15H2,1-4H3. The van der Waals surface area contributed by atoms with Crippen molar-refractivity contribution in [3.63, 3.8) is 0 Å². The van der Waals surface area contributed by atoms with Crippen LogP contribution in [-0.2, 0) is 14.8 Å². The lowest BCUT2D eigenvalue weighted by Gasteiger charge is -2.19. The molecule has 9 heteroatoms. The number of sulfonamides is 1. The molecule has 0 bridgehead atoms. The molecule has 1 atom stereocenters. The highest BCUT2D eigenvalue weighted by Crippen LogP contribution is 2.31. The van der Waals surface area contributed by atoms with E-state index in [1.165, 1.54) is 24.3 Å². The first-order valence-corrected chi connectivity index (χ1v) is 13.6. The molecule has 3 aromatic carbocycles. The topological polar surface area (TPSA) is 112 Å². The second-order valence-electron chi connectivity index (χ2n) is 9.40. The minimum absolute atomic E-state index is 0.00921. The van der Waals surface area contributed by atoms with Crippen LogP contribution in [0.4, 0.5) is 0 Å². The molecule has 0 fully saturated rings. The van der Waals surface area contributed by atoms with Crippen molar-refractivity contribution in [1.29, 1.82) is 0 Å². The van der Waals surface area contributed by atoms with E-state index >= 15 is 0 Å². The predicted octanol–water partition coefficient (Wildman–Crippen LogP) is 5.08. The number of benzene rings is 3. The molecule has 1 unspecified atom stereocenters. The number of esters is 1. The zero-order valence-corrected chi connectivity index (χ0v) is 22.4. The van der Waals surface area contributed by atoms with Crippen LogP contribution >= 0.6 is 0 Å². The van der Waals surface area contributed by atoms with E-state index in [0.29, 0.717) is 16.7 Å². The summed E-state index contributed by atoms with van der Waals surface area (Å²) in [7, 11) is -2.39. The predicted molar refractivity (Wildman–Crippen MR) is 145 cm³/mol. The lowest BCUT2D eigenvalue weighted by molar-refractivity contribution is -0.136. The molecule has 4 rings (SSSR count). The van der Waals surface area contributed by atoms with Gasteiger partial charge in [0.15, 0.2) is 0 Å². The van der Waals surface area contributed by atoms with Gasteiger partial charge in [0.2, 0.25) is 10.0 Å². The molecular formula is C29H29NO7S. The van der Waals surface area contributed by atoms with Crippen LogP contribution < -0.4 is 19.8 Å². The Morgan fingerprint density at radius 2 is 1.61 bits per heavy atom. The van der Waals surface area contributed by atoms with Gasteiger partial charge in [0.05, 0.1) is 12.0 Å². The van der Waals surface area contributed by atoms with Gasteiger partial charge in [-0.3, -0.25) is 0 Å². The molecule has 0 saturated heterocycles. The van der Waals surface area contributed by atoms with Crippen LogP contribution in [0, 0.1) is 12.8 Å². The number of hydrogen-bond donors (Lipinski definition) is 1. The van der Waals surface area contributed by atoms with Crippen LogP contribution in [0.3, 0.4) is 0 Å². The average molecular weight is 536 g/mol. The van der Waals surface area contributed by atoms with Gasteiger partial charge >= 0.3 is 11.6 Å². The minimum atomic E-state index is -3.96. The first-order chi connectivity index (χ1) is 18.1. The van der Waals surface area contributed by atoms with Crippen molar-refractivity contribution in [3.05, 3.63) is 88.8 Å². The van der Waals surface area contributed by atoms with Crippen molar-refractivity contribution in [1.82, 2.24) is 4.72 Å². The number of fused-ring (bicyclic) bond motifs is 1. The number of rotatable bonds is 9. The maximum absolute atomic E-state index is 13.1. The number of ether oxygens (including phenoxy) is 2. The third-order valence-corrected chi connectivity index (χ3v) is 7.44. The van der Waals surface area contributed by atoms with Crippen molar-refractivity contribution >= 4 is 27.0 Å². The van der Waals surface area contributed by atoms with Gasteiger partial charge in [0.1, 0.15) is 23.1 Å². The highest BCUT2D eigenvalue weighted by molar-refractivity contribution is 7.89. The largest absolute Gasteiger partial charge is 0.497 e. The van der Waals surface area contributed by atoms with E-state index < -0.39 is 27.7 Å². The van der Waals surface area contributed by atoms with E-state index in [4.69, 9.17) is 13.9 Å². The summed E-state index contributed by atoms with van der Waals surface area (Å²) in [4.78, 5) is 25.5. The van der Waals surface area contributed by atoms with Crippen LogP contribution in [0.25, 0.3) is 22.1 Å². The summed E-state index contributed by atoms with van der Waals surface area (Å²) >= 11 is 0. The summed E-state index contributed by atoms with van der Waals surface area (Å²) in [5, 5.41) is 0.647. The molecule has 0 saturated carbocycles. The summed E-state index contributed by atoms with van der Waals surface area (Å²) in [5.74, 6) is 0.0577. The molecule has 1 aromatic heterocycles. The maximum atomic E-state index is 13.1. The lowest BCUT2D eigenvalue weighted by Crippen LogP contribution is -2.43. The molecule has 38 heavy (non-hydrogen) atoms. The van der Waals surface area contributed by atoms with Gasteiger partial charge in [-0.05, 0) is 66.8 Å². The highest BCUT2D eigenvalue weighted by atomic mass is 32.2. The average Bonchev–Trinajstić information content (AvgIpc) is 2.87. The molecule has 0 amide bonds. The fourth-order valence-electron chi connectivity index (χ4n) is 4.04. The summed E-state index contributed by atoms with van der Waals surface area (Å²) < 4.78 is 44.5. The summed E-state index contributed by atoms with van der Waals surface area (Å²) in [5.41, 5.74) is 2.03. The normalized spacial score (nSPS) is 12.4. The van der Waals surface area contributed by atoms with E-state index in [1.54, 1.807) is 43.5 Å². The number of nitrogens with one attached hydrogen (secondary N) is 1.